The summed E-state index contributed by atoms with van der Waals surface area (Å²) in [4.78, 5) is 0. The summed E-state index contributed by atoms with van der Waals surface area (Å²) in [5, 5.41) is 9.56. The van der Waals surface area contributed by atoms with Gasteiger partial charge in [-0.25, -0.2) is 0 Å². The number of hydrogen-bond donors (Lipinski definition) is 0. The minimum atomic E-state index is -0.166. The van der Waals surface area contributed by atoms with Gasteiger partial charge in [-0.15, -0.1) is 0 Å². The van der Waals surface area contributed by atoms with Gasteiger partial charge in [0, 0.05) is 0 Å². The van der Waals surface area contributed by atoms with Crippen molar-refractivity contribution in [3.63, 3.8) is 0 Å². The summed E-state index contributed by atoms with van der Waals surface area (Å²) in [5.41, 5.74) is -0.0288. The smallest absolute Gasteiger partial charge is 0.0692 e. The van der Waals surface area contributed by atoms with Crippen molar-refractivity contribution in [2.45, 2.75) is 118 Å². The van der Waals surface area contributed by atoms with E-state index >= 15 is 0 Å². The zero-order valence-corrected chi connectivity index (χ0v) is 16.1. The highest BCUT2D eigenvalue weighted by atomic mass is 14.5. The molecule has 0 heterocycles. The molecule has 22 heavy (non-hydrogen) atoms. The predicted octanol–water partition coefficient (Wildman–Crippen LogP) is 7.65. The third kappa shape index (κ3) is 8.21. The maximum atomic E-state index is 9.56. The van der Waals surface area contributed by atoms with Crippen molar-refractivity contribution in [1.29, 1.82) is 5.26 Å². The Hall–Kier alpha value is -0.510. The van der Waals surface area contributed by atoms with Crippen LogP contribution >= 0.6 is 0 Å². The van der Waals surface area contributed by atoms with E-state index in [2.05, 4.69) is 40.7 Å². The Morgan fingerprint density at radius 3 is 1.50 bits per heavy atom. The van der Waals surface area contributed by atoms with E-state index in [1.165, 1.54) is 70.6 Å². The maximum absolute atomic E-state index is 9.56. The Labute approximate surface area is 140 Å². The van der Waals surface area contributed by atoms with Gasteiger partial charge in [0.2, 0.25) is 0 Å². The van der Waals surface area contributed by atoms with Gasteiger partial charge in [0.15, 0.2) is 0 Å². The van der Waals surface area contributed by atoms with Crippen LogP contribution in [0.1, 0.15) is 118 Å². The van der Waals surface area contributed by atoms with E-state index in [9.17, 15) is 5.26 Å². The molecule has 0 N–H and O–H groups in total. The lowest BCUT2D eigenvalue weighted by molar-refractivity contribution is 0.122. The van der Waals surface area contributed by atoms with Gasteiger partial charge in [-0.2, -0.15) is 5.26 Å². The number of nitriles is 1. The maximum Gasteiger partial charge on any atom is 0.0692 e. The molecule has 0 aromatic carbocycles. The van der Waals surface area contributed by atoms with Crippen LogP contribution < -0.4 is 0 Å². The zero-order valence-electron chi connectivity index (χ0n) is 16.1. The second-order valence-corrected chi connectivity index (χ2v) is 8.01. The Kier molecular flexibility index (Phi) is 11.7. The van der Waals surface area contributed by atoms with Crippen LogP contribution in [0.15, 0.2) is 0 Å². The lowest BCUT2D eigenvalue weighted by atomic mass is 9.63. The van der Waals surface area contributed by atoms with Crippen LogP contribution in [0, 0.1) is 22.2 Å². The fourth-order valence-electron chi connectivity index (χ4n) is 3.38. The molecular weight excluding hydrogens is 266 g/mol. The van der Waals surface area contributed by atoms with E-state index in [4.69, 9.17) is 0 Å². The number of unbranched alkanes of at least 4 members (excludes halogenated alkanes) is 9. The summed E-state index contributed by atoms with van der Waals surface area (Å²) in [6, 6.07) is 2.61. The fraction of sp³-hybridized carbons (Fsp3) is 0.952. The van der Waals surface area contributed by atoms with Gasteiger partial charge < -0.3 is 0 Å². The SMILES string of the molecule is CCCCCCCCCCCCC(C)(C)C(C)(C#N)CCC. The molecule has 0 aliphatic rings. The molecule has 0 rings (SSSR count). The molecule has 0 aliphatic carbocycles. The first-order valence-electron chi connectivity index (χ1n) is 9.84. The van der Waals surface area contributed by atoms with Crippen LogP contribution in [0.2, 0.25) is 0 Å². The lowest BCUT2D eigenvalue weighted by Gasteiger charge is -2.39. The van der Waals surface area contributed by atoms with E-state index in [0.717, 1.165) is 12.8 Å². The Morgan fingerprint density at radius 2 is 1.09 bits per heavy atom. The van der Waals surface area contributed by atoms with E-state index < -0.39 is 0 Å². The van der Waals surface area contributed by atoms with Gasteiger partial charge in [-0.1, -0.05) is 98.3 Å². The van der Waals surface area contributed by atoms with Crippen LogP contribution in [0.4, 0.5) is 0 Å². The van der Waals surface area contributed by atoms with Gasteiger partial charge in [-0.05, 0) is 25.2 Å². The first kappa shape index (κ1) is 21.5. The van der Waals surface area contributed by atoms with E-state index in [0.29, 0.717) is 0 Å². The lowest BCUT2D eigenvalue weighted by Crippen LogP contribution is -2.33. The largest absolute Gasteiger partial charge is 0.198 e. The van der Waals surface area contributed by atoms with Crippen molar-refractivity contribution < 1.29 is 0 Å². The highest BCUT2D eigenvalue weighted by Gasteiger charge is 2.39. The van der Waals surface area contributed by atoms with Crippen molar-refractivity contribution in [1.82, 2.24) is 0 Å². The fourth-order valence-corrected chi connectivity index (χ4v) is 3.38. The number of nitrogens with zero attached hydrogens (tertiary/aromatic N) is 1. The minimum absolute atomic E-state index is 0.137. The number of hydrogen-bond acceptors (Lipinski definition) is 1. The van der Waals surface area contributed by atoms with Gasteiger partial charge >= 0.3 is 0 Å². The minimum Gasteiger partial charge on any atom is -0.198 e. The topological polar surface area (TPSA) is 23.8 Å². The molecule has 0 saturated heterocycles. The summed E-state index contributed by atoms with van der Waals surface area (Å²) in [6.45, 7) is 11.2. The molecule has 1 unspecified atom stereocenters. The van der Waals surface area contributed by atoms with E-state index in [1.54, 1.807) is 0 Å². The Morgan fingerprint density at radius 1 is 0.636 bits per heavy atom. The van der Waals surface area contributed by atoms with Gasteiger partial charge in [0.25, 0.3) is 0 Å². The Balaban J connectivity index is 3.75. The van der Waals surface area contributed by atoms with Crippen LogP contribution in [-0.4, -0.2) is 0 Å². The van der Waals surface area contributed by atoms with Gasteiger partial charge in [-0.3, -0.25) is 0 Å². The summed E-state index contributed by atoms with van der Waals surface area (Å²) in [6.07, 6.45) is 17.2. The molecule has 0 saturated carbocycles. The molecule has 0 radical (unpaired) electrons. The predicted molar refractivity (Wildman–Crippen MR) is 98.9 cm³/mol. The number of rotatable bonds is 14. The highest BCUT2D eigenvalue weighted by Crippen LogP contribution is 2.45. The third-order valence-corrected chi connectivity index (χ3v) is 5.65. The van der Waals surface area contributed by atoms with Crippen molar-refractivity contribution in [3.05, 3.63) is 0 Å². The summed E-state index contributed by atoms with van der Waals surface area (Å²) in [7, 11) is 0. The van der Waals surface area contributed by atoms with E-state index in [-0.39, 0.29) is 10.8 Å². The summed E-state index contributed by atoms with van der Waals surface area (Å²) in [5.74, 6) is 0. The first-order valence-corrected chi connectivity index (χ1v) is 9.84. The highest BCUT2D eigenvalue weighted by molar-refractivity contribution is 5.04. The molecule has 0 bridgehead atoms. The third-order valence-electron chi connectivity index (χ3n) is 5.65. The standard InChI is InChI=1S/C21H41N/c1-6-8-9-10-11-12-13-14-15-16-18-20(3,4)21(5,19-22)17-7-2/h6-18H2,1-5H3. The molecule has 0 fully saturated rings. The van der Waals surface area contributed by atoms with Crippen LogP contribution in [0.3, 0.4) is 0 Å². The molecule has 0 amide bonds. The molecule has 0 aliphatic heterocycles. The normalized spacial score (nSPS) is 14.5. The molecule has 1 atom stereocenters. The van der Waals surface area contributed by atoms with Gasteiger partial charge in [0.05, 0.1) is 11.5 Å². The molecule has 1 nitrogen and oxygen atoms in total. The molecule has 0 aromatic heterocycles. The quantitative estimate of drug-likeness (QED) is 0.302. The van der Waals surface area contributed by atoms with Crippen LogP contribution in [0.25, 0.3) is 0 Å². The molecule has 130 valence electrons. The molecular formula is C21H41N. The van der Waals surface area contributed by atoms with Crippen molar-refractivity contribution in [3.8, 4) is 6.07 Å². The summed E-state index contributed by atoms with van der Waals surface area (Å²) < 4.78 is 0. The average Bonchev–Trinajstić information content (AvgIpc) is 2.49. The first-order chi connectivity index (χ1) is 10.4. The van der Waals surface area contributed by atoms with Crippen molar-refractivity contribution >= 4 is 0 Å². The second-order valence-electron chi connectivity index (χ2n) is 8.01. The monoisotopic (exact) mass is 307 g/mol. The summed E-state index contributed by atoms with van der Waals surface area (Å²) >= 11 is 0. The van der Waals surface area contributed by atoms with Gasteiger partial charge in [0.1, 0.15) is 0 Å². The molecule has 0 aromatic rings. The van der Waals surface area contributed by atoms with E-state index in [1.807, 2.05) is 0 Å². The second kappa shape index (κ2) is 12.0. The van der Waals surface area contributed by atoms with Crippen molar-refractivity contribution in [2.75, 3.05) is 0 Å². The zero-order chi connectivity index (χ0) is 16.9. The average molecular weight is 308 g/mol. The van der Waals surface area contributed by atoms with Crippen molar-refractivity contribution in [2.24, 2.45) is 10.8 Å². The Bertz CT molecular complexity index is 300. The van der Waals surface area contributed by atoms with Crippen LogP contribution in [0.5, 0.6) is 0 Å². The molecule has 1 heteroatoms. The van der Waals surface area contributed by atoms with Crippen LogP contribution in [-0.2, 0) is 0 Å². The molecule has 0 spiro atoms.